The lowest BCUT2D eigenvalue weighted by Crippen LogP contribution is -2.56. The molecule has 2 aromatic carbocycles. The molecule has 4 heteroatoms. The lowest BCUT2D eigenvalue weighted by atomic mass is 9.76. The van der Waals surface area contributed by atoms with Crippen LogP contribution in [0, 0.1) is 0 Å². The van der Waals surface area contributed by atoms with Gasteiger partial charge in [-0.2, -0.15) is 0 Å². The van der Waals surface area contributed by atoms with Gasteiger partial charge in [0.05, 0.1) is 6.04 Å². The van der Waals surface area contributed by atoms with Crippen molar-refractivity contribution in [3.05, 3.63) is 71.9 Å². The van der Waals surface area contributed by atoms with Crippen molar-refractivity contribution in [1.82, 2.24) is 9.88 Å². The molecule has 0 saturated carbocycles. The highest BCUT2D eigenvalue weighted by Gasteiger charge is 2.43. The summed E-state index contributed by atoms with van der Waals surface area (Å²) < 4.78 is 7.70. The molecule has 0 spiro atoms. The van der Waals surface area contributed by atoms with Gasteiger partial charge in [-0.25, -0.2) is 0 Å². The van der Waals surface area contributed by atoms with E-state index < -0.39 is 11.5 Å². The molecule has 1 N–H and O–H groups in total. The first-order chi connectivity index (χ1) is 12.5. The fourth-order valence-corrected chi connectivity index (χ4v) is 3.96. The maximum Gasteiger partial charge on any atom is 0.324 e. The summed E-state index contributed by atoms with van der Waals surface area (Å²) in [5.74, 6) is -0.185. The first kappa shape index (κ1) is 16.9. The van der Waals surface area contributed by atoms with Crippen molar-refractivity contribution in [2.45, 2.75) is 31.3 Å². The molecule has 1 fully saturated rings. The van der Waals surface area contributed by atoms with Crippen LogP contribution in [-0.4, -0.2) is 23.2 Å². The normalized spacial score (nSPS) is 21.0. The van der Waals surface area contributed by atoms with Crippen molar-refractivity contribution in [2.24, 2.45) is 7.05 Å². The van der Waals surface area contributed by atoms with Crippen LogP contribution in [0.5, 0.6) is 0 Å². The summed E-state index contributed by atoms with van der Waals surface area (Å²) >= 11 is 0. The fourth-order valence-electron chi connectivity index (χ4n) is 3.96. The minimum Gasteiger partial charge on any atom is -0.462 e. The quantitative estimate of drug-likeness (QED) is 0.734. The van der Waals surface area contributed by atoms with Gasteiger partial charge in [-0.3, -0.25) is 10.1 Å². The monoisotopic (exact) mass is 348 g/mol. The van der Waals surface area contributed by atoms with Crippen molar-refractivity contribution in [1.29, 1.82) is 0 Å². The van der Waals surface area contributed by atoms with Gasteiger partial charge < -0.3 is 9.30 Å². The number of hydrogen-bond acceptors (Lipinski definition) is 3. The second-order valence-electron chi connectivity index (χ2n) is 7.59. The molecular formula is C22H24N2O2. The van der Waals surface area contributed by atoms with Crippen LogP contribution < -0.4 is 5.32 Å². The van der Waals surface area contributed by atoms with Crippen LogP contribution in [0.15, 0.2) is 60.8 Å². The molecule has 0 bridgehead atoms. The fraction of sp³-hybridized carbons (Fsp3) is 0.318. The van der Waals surface area contributed by atoms with Crippen LogP contribution >= 0.6 is 0 Å². The van der Waals surface area contributed by atoms with Gasteiger partial charge in [-0.15, -0.1) is 0 Å². The molecule has 1 aromatic heterocycles. The highest BCUT2D eigenvalue weighted by Crippen LogP contribution is 2.36. The molecule has 2 atom stereocenters. The van der Waals surface area contributed by atoms with Crippen LogP contribution in [0.3, 0.4) is 0 Å². The highest BCUT2D eigenvalue weighted by atomic mass is 16.5. The SMILES string of the molecule is Cn1cc(C(C)(C)[C@@H]2N[C@H](c3ccccc3)COC2=O)c2ccccc21. The Kier molecular flexibility index (Phi) is 4.08. The molecule has 26 heavy (non-hydrogen) atoms. The van der Waals surface area contributed by atoms with Gasteiger partial charge in [-0.05, 0) is 17.2 Å². The summed E-state index contributed by atoms with van der Waals surface area (Å²) in [6.07, 6.45) is 2.13. The number of hydrogen-bond donors (Lipinski definition) is 1. The van der Waals surface area contributed by atoms with Crippen molar-refractivity contribution in [3.63, 3.8) is 0 Å². The van der Waals surface area contributed by atoms with Crippen molar-refractivity contribution in [3.8, 4) is 0 Å². The number of carbonyl (C=O) groups is 1. The standard InChI is InChI=1S/C22H24N2O2/c1-22(2,17-13-24(3)19-12-8-7-11-16(17)19)20-21(25)26-14-18(23-20)15-9-5-4-6-10-15/h4-13,18,20,23H,14H2,1-3H3/t18-,20+/m0/s1. The number of aryl methyl sites for hydroxylation is 1. The zero-order valence-electron chi connectivity index (χ0n) is 15.4. The Hall–Kier alpha value is -2.59. The number of cyclic esters (lactones) is 1. The van der Waals surface area contributed by atoms with Crippen LogP contribution in [0.25, 0.3) is 10.9 Å². The van der Waals surface area contributed by atoms with E-state index in [1.165, 1.54) is 10.9 Å². The average molecular weight is 348 g/mol. The molecule has 0 aliphatic carbocycles. The maximum absolute atomic E-state index is 12.6. The highest BCUT2D eigenvalue weighted by molar-refractivity contribution is 5.87. The molecule has 4 nitrogen and oxygen atoms in total. The number of rotatable bonds is 3. The predicted octanol–water partition coefficient (Wildman–Crippen LogP) is 3.71. The van der Waals surface area contributed by atoms with Crippen LogP contribution in [0.1, 0.15) is 31.0 Å². The van der Waals surface area contributed by atoms with E-state index in [-0.39, 0.29) is 12.0 Å². The summed E-state index contributed by atoms with van der Waals surface area (Å²) in [7, 11) is 2.04. The van der Waals surface area contributed by atoms with E-state index in [2.05, 4.69) is 54.2 Å². The molecule has 1 aliphatic heterocycles. The van der Waals surface area contributed by atoms with E-state index in [0.29, 0.717) is 6.61 Å². The molecule has 2 heterocycles. The van der Waals surface area contributed by atoms with E-state index >= 15 is 0 Å². The van der Waals surface area contributed by atoms with Crippen LogP contribution in [0.4, 0.5) is 0 Å². The Labute approximate surface area is 153 Å². The van der Waals surface area contributed by atoms with Gasteiger partial charge >= 0.3 is 5.97 Å². The smallest absolute Gasteiger partial charge is 0.324 e. The van der Waals surface area contributed by atoms with Crippen molar-refractivity contribution >= 4 is 16.9 Å². The molecule has 0 unspecified atom stereocenters. The third-order valence-electron chi connectivity index (χ3n) is 5.51. The van der Waals surface area contributed by atoms with Gasteiger partial charge in [0.1, 0.15) is 12.6 Å². The predicted molar refractivity (Wildman–Crippen MR) is 103 cm³/mol. The number of nitrogens with zero attached hydrogens (tertiary/aromatic N) is 1. The lowest BCUT2D eigenvalue weighted by molar-refractivity contribution is -0.154. The number of nitrogens with one attached hydrogen (secondary N) is 1. The Bertz CT molecular complexity index is 943. The van der Waals surface area contributed by atoms with Gasteiger partial charge in [0.25, 0.3) is 0 Å². The number of para-hydroxylation sites is 1. The zero-order valence-corrected chi connectivity index (χ0v) is 15.4. The summed E-state index contributed by atoms with van der Waals surface area (Å²) in [5.41, 5.74) is 3.04. The molecular weight excluding hydrogens is 324 g/mol. The summed E-state index contributed by atoms with van der Waals surface area (Å²) in [4.78, 5) is 12.6. The number of benzene rings is 2. The minimum atomic E-state index is -0.411. The van der Waals surface area contributed by atoms with E-state index in [1.807, 2.05) is 37.4 Å². The molecule has 1 saturated heterocycles. The maximum atomic E-state index is 12.6. The van der Waals surface area contributed by atoms with Crippen molar-refractivity contribution in [2.75, 3.05) is 6.61 Å². The summed E-state index contributed by atoms with van der Waals surface area (Å²) in [6, 6.07) is 18.1. The van der Waals surface area contributed by atoms with Gasteiger partial charge in [0.2, 0.25) is 0 Å². The number of carbonyl (C=O) groups excluding carboxylic acids is 1. The Morgan fingerprint density at radius 3 is 2.54 bits per heavy atom. The molecule has 134 valence electrons. The molecule has 3 aromatic rings. The largest absolute Gasteiger partial charge is 0.462 e. The molecule has 4 rings (SSSR count). The number of aromatic nitrogens is 1. The second kappa shape index (κ2) is 6.29. The van der Waals surface area contributed by atoms with Crippen LogP contribution in [0.2, 0.25) is 0 Å². The van der Waals surface area contributed by atoms with Crippen LogP contribution in [-0.2, 0) is 22.0 Å². The Morgan fingerprint density at radius 1 is 1.08 bits per heavy atom. The first-order valence-corrected chi connectivity index (χ1v) is 9.00. The van der Waals surface area contributed by atoms with Gasteiger partial charge in [0.15, 0.2) is 0 Å². The summed E-state index contributed by atoms with van der Waals surface area (Å²) in [5, 5.41) is 4.73. The number of ether oxygens (including phenoxy) is 1. The second-order valence-corrected chi connectivity index (χ2v) is 7.59. The van der Waals surface area contributed by atoms with Gasteiger partial charge in [-0.1, -0.05) is 62.4 Å². The lowest BCUT2D eigenvalue weighted by Gasteiger charge is -2.39. The Balaban J connectivity index is 1.72. The van der Waals surface area contributed by atoms with E-state index in [4.69, 9.17) is 4.74 Å². The van der Waals surface area contributed by atoms with E-state index in [1.54, 1.807) is 0 Å². The first-order valence-electron chi connectivity index (χ1n) is 9.00. The minimum absolute atomic E-state index is 0.00755. The van der Waals surface area contributed by atoms with E-state index in [9.17, 15) is 4.79 Å². The number of esters is 1. The van der Waals surface area contributed by atoms with E-state index in [0.717, 1.165) is 11.1 Å². The third kappa shape index (κ3) is 2.71. The Morgan fingerprint density at radius 2 is 1.77 bits per heavy atom. The molecule has 0 radical (unpaired) electrons. The summed E-state index contributed by atoms with van der Waals surface area (Å²) in [6.45, 7) is 4.59. The van der Waals surface area contributed by atoms with Crippen molar-refractivity contribution < 1.29 is 9.53 Å². The zero-order chi connectivity index (χ0) is 18.3. The number of fused-ring (bicyclic) bond motifs is 1. The third-order valence-corrected chi connectivity index (χ3v) is 5.51. The topological polar surface area (TPSA) is 43.3 Å². The molecule has 0 amide bonds. The van der Waals surface area contributed by atoms with Gasteiger partial charge in [0, 0.05) is 29.6 Å². The average Bonchev–Trinajstić information content (AvgIpc) is 3.01. The number of morpholine rings is 1. The molecule has 1 aliphatic rings.